The molecular formula is C9H9I2NO2. The maximum absolute atomic E-state index is 10.6. The molecule has 0 aliphatic carbocycles. The van der Waals surface area contributed by atoms with Crippen LogP contribution < -0.4 is 5.73 Å². The highest BCUT2D eigenvalue weighted by atomic mass is 127. The first-order valence-corrected chi connectivity index (χ1v) is 6.09. The molecule has 14 heavy (non-hydrogen) atoms. The van der Waals surface area contributed by atoms with Crippen LogP contribution in [0.2, 0.25) is 0 Å². The lowest BCUT2D eigenvalue weighted by atomic mass is 10.1. The first-order chi connectivity index (χ1) is 6.50. The summed E-state index contributed by atoms with van der Waals surface area (Å²) >= 11 is 4.41. The quantitative estimate of drug-likeness (QED) is 0.739. The van der Waals surface area contributed by atoms with E-state index in [0.717, 1.165) is 12.7 Å². The summed E-state index contributed by atoms with van der Waals surface area (Å²) in [5, 5.41) is 8.66. The van der Waals surface area contributed by atoms with Crippen LogP contribution in [-0.4, -0.2) is 17.1 Å². The van der Waals surface area contributed by atoms with Gasteiger partial charge in [0.1, 0.15) is 6.04 Å². The fourth-order valence-corrected chi connectivity index (χ4v) is 2.83. The first-order valence-electron chi connectivity index (χ1n) is 3.93. The van der Waals surface area contributed by atoms with E-state index in [-0.39, 0.29) is 0 Å². The minimum atomic E-state index is -0.959. The second-order valence-corrected chi connectivity index (χ2v) is 5.29. The molecule has 0 radical (unpaired) electrons. The number of halogens is 2. The maximum atomic E-state index is 10.6. The van der Waals surface area contributed by atoms with Crippen molar-refractivity contribution in [3.63, 3.8) is 0 Å². The van der Waals surface area contributed by atoms with Crippen LogP contribution in [0, 0.1) is 7.14 Å². The monoisotopic (exact) mass is 417 g/mol. The molecule has 0 bridgehead atoms. The van der Waals surface area contributed by atoms with Gasteiger partial charge in [0.15, 0.2) is 0 Å². The van der Waals surface area contributed by atoms with E-state index in [4.69, 9.17) is 10.8 Å². The van der Waals surface area contributed by atoms with E-state index in [9.17, 15) is 4.79 Å². The van der Waals surface area contributed by atoms with Crippen molar-refractivity contribution < 1.29 is 9.90 Å². The Morgan fingerprint density at radius 3 is 2.64 bits per heavy atom. The molecule has 1 aromatic rings. The molecule has 1 rings (SSSR count). The zero-order chi connectivity index (χ0) is 10.7. The second-order valence-electron chi connectivity index (χ2n) is 2.88. The van der Waals surface area contributed by atoms with Gasteiger partial charge in [-0.2, -0.15) is 0 Å². The highest BCUT2D eigenvalue weighted by Gasteiger charge is 2.13. The fourth-order valence-electron chi connectivity index (χ4n) is 1.01. The fraction of sp³-hybridized carbons (Fsp3) is 0.222. The highest BCUT2D eigenvalue weighted by molar-refractivity contribution is 14.1. The van der Waals surface area contributed by atoms with Crippen molar-refractivity contribution in [1.29, 1.82) is 0 Å². The average Bonchev–Trinajstić information content (AvgIpc) is 2.09. The Morgan fingerprint density at radius 1 is 1.50 bits per heavy atom. The standard InChI is InChI=1S/C9H9I2NO2/c10-6-2-1-5(7(11)4-6)3-8(12)9(13)14/h1-2,4,8H,3,12H2,(H,13,14). The Kier molecular flexibility index (Phi) is 4.58. The number of carboxylic acids is 1. The van der Waals surface area contributed by atoms with Crippen molar-refractivity contribution in [1.82, 2.24) is 0 Å². The number of nitrogens with two attached hydrogens (primary N) is 1. The van der Waals surface area contributed by atoms with Gasteiger partial charge < -0.3 is 10.8 Å². The lowest BCUT2D eigenvalue weighted by Crippen LogP contribution is -2.32. The van der Waals surface area contributed by atoms with Gasteiger partial charge in [0, 0.05) is 7.14 Å². The minimum absolute atomic E-state index is 0.379. The van der Waals surface area contributed by atoms with Gasteiger partial charge in [-0.3, -0.25) is 4.79 Å². The number of rotatable bonds is 3. The van der Waals surface area contributed by atoms with Crippen molar-refractivity contribution in [2.75, 3.05) is 0 Å². The second kappa shape index (κ2) is 5.26. The summed E-state index contributed by atoms with van der Waals surface area (Å²) in [4.78, 5) is 10.6. The summed E-state index contributed by atoms with van der Waals surface area (Å²) in [6, 6.07) is 5.06. The summed E-state index contributed by atoms with van der Waals surface area (Å²) in [6.07, 6.45) is 0.379. The normalized spacial score (nSPS) is 12.5. The molecule has 0 amide bonds. The van der Waals surface area contributed by atoms with Crippen LogP contribution in [0.15, 0.2) is 18.2 Å². The molecule has 1 unspecified atom stereocenters. The lowest BCUT2D eigenvalue weighted by molar-refractivity contribution is -0.138. The molecular weight excluding hydrogens is 408 g/mol. The molecule has 5 heteroatoms. The zero-order valence-electron chi connectivity index (χ0n) is 7.21. The van der Waals surface area contributed by atoms with Gasteiger partial charge in [0.2, 0.25) is 0 Å². The van der Waals surface area contributed by atoms with E-state index in [2.05, 4.69) is 45.2 Å². The smallest absolute Gasteiger partial charge is 0.320 e. The number of carbonyl (C=O) groups is 1. The van der Waals surface area contributed by atoms with E-state index in [1.54, 1.807) is 0 Å². The van der Waals surface area contributed by atoms with Crippen LogP contribution in [0.25, 0.3) is 0 Å². The van der Waals surface area contributed by atoms with Crippen molar-refractivity contribution in [3.05, 3.63) is 30.9 Å². The van der Waals surface area contributed by atoms with Gasteiger partial charge in [-0.1, -0.05) is 6.07 Å². The van der Waals surface area contributed by atoms with Gasteiger partial charge in [-0.05, 0) is 69.3 Å². The molecule has 3 nitrogen and oxygen atoms in total. The minimum Gasteiger partial charge on any atom is -0.480 e. The van der Waals surface area contributed by atoms with Crippen LogP contribution in [-0.2, 0) is 11.2 Å². The van der Waals surface area contributed by atoms with E-state index in [0.29, 0.717) is 6.42 Å². The molecule has 1 aromatic carbocycles. The topological polar surface area (TPSA) is 63.3 Å². The summed E-state index contributed by atoms with van der Waals surface area (Å²) in [5.74, 6) is -0.959. The summed E-state index contributed by atoms with van der Waals surface area (Å²) in [5.41, 5.74) is 6.44. The number of hydrogen-bond acceptors (Lipinski definition) is 2. The van der Waals surface area contributed by atoms with Gasteiger partial charge >= 0.3 is 5.97 Å². The SMILES string of the molecule is NC(Cc1ccc(I)cc1I)C(=O)O. The third kappa shape index (κ3) is 3.35. The Hall–Kier alpha value is 0.110. The molecule has 76 valence electrons. The van der Waals surface area contributed by atoms with Crippen LogP contribution in [0.4, 0.5) is 0 Å². The van der Waals surface area contributed by atoms with Crippen molar-refractivity contribution in [2.45, 2.75) is 12.5 Å². The molecule has 1 atom stereocenters. The maximum Gasteiger partial charge on any atom is 0.320 e. The van der Waals surface area contributed by atoms with Gasteiger partial charge in [-0.15, -0.1) is 0 Å². The Bertz CT molecular complexity index is 355. The van der Waals surface area contributed by atoms with Gasteiger partial charge in [0.05, 0.1) is 0 Å². The van der Waals surface area contributed by atoms with E-state index in [1.807, 2.05) is 18.2 Å². The number of aliphatic carboxylic acids is 1. The van der Waals surface area contributed by atoms with Crippen LogP contribution in [0.5, 0.6) is 0 Å². The van der Waals surface area contributed by atoms with Gasteiger partial charge in [-0.25, -0.2) is 0 Å². The highest BCUT2D eigenvalue weighted by Crippen LogP contribution is 2.17. The van der Waals surface area contributed by atoms with Crippen molar-refractivity contribution >= 4 is 51.2 Å². The molecule has 0 heterocycles. The van der Waals surface area contributed by atoms with Crippen molar-refractivity contribution in [2.24, 2.45) is 5.73 Å². The predicted octanol–water partition coefficient (Wildman–Crippen LogP) is 1.85. The molecule has 0 aromatic heterocycles. The summed E-state index contributed by atoms with van der Waals surface area (Å²) in [6.45, 7) is 0. The molecule has 0 fully saturated rings. The average molecular weight is 417 g/mol. The van der Waals surface area contributed by atoms with Crippen molar-refractivity contribution in [3.8, 4) is 0 Å². The third-order valence-electron chi connectivity index (χ3n) is 1.77. The first kappa shape index (κ1) is 12.2. The number of carboxylic acid groups (broad SMARTS) is 1. The lowest BCUT2D eigenvalue weighted by Gasteiger charge is -2.08. The number of benzene rings is 1. The van der Waals surface area contributed by atoms with Crippen LogP contribution >= 0.6 is 45.2 Å². The summed E-state index contributed by atoms with van der Waals surface area (Å²) < 4.78 is 2.20. The van der Waals surface area contributed by atoms with Crippen LogP contribution in [0.1, 0.15) is 5.56 Å². The summed E-state index contributed by atoms with van der Waals surface area (Å²) in [7, 11) is 0. The van der Waals surface area contributed by atoms with Crippen LogP contribution in [0.3, 0.4) is 0 Å². The van der Waals surface area contributed by atoms with E-state index >= 15 is 0 Å². The Balaban J connectivity index is 2.82. The largest absolute Gasteiger partial charge is 0.480 e. The van der Waals surface area contributed by atoms with E-state index < -0.39 is 12.0 Å². The molecule has 0 aliphatic heterocycles. The molecule has 0 spiro atoms. The predicted molar refractivity (Wildman–Crippen MR) is 71.2 cm³/mol. The van der Waals surface area contributed by atoms with Gasteiger partial charge in [0.25, 0.3) is 0 Å². The Labute approximate surface area is 109 Å². The zero-order valence-corrected chi connectivity index (χ0v) is 11.5. The molecule has 3 N–H and O–H groups in total. The van der Waals surface area contributed by atoms with E-state index in [1.165, 1.54) is 0 Å². The third-order valence-corrected chi connectivity index (χ3v) is 3.45. The Morgan fingerprint density at radius 2 is 2.14 bits per heavy atom. The molecule has 0 aliphatic rings. The number of hydrogen-bond donors (Lipinski definition) is 2. The molecule has 0 saturated heterocycles. The molecule has 0 saturated carbocycles.